The predicted octanol–water partition coefficient (Wildman–Crippen LogP) is 3.12. The molecule has 7 heteroatoms. The van der Waals surface area contributed by atoms with Crippen molar-refractivity contribution in [3.8, 4) is 0 Å². The predicted molar refractivity (Wildman–Crippen MR) is 109 cm³/mol. The monoisotopic (exact) mass is 381 g/mol. The van der Waals surface area contributed by atoms with Crippen molar-refractivity contribution in [1.29, 1.82) is 0 Å². The molecule has 0 bridgehead atoms. The normalized spacial score (nSPS) is 10.9. The highest BCUT2D eigenvalue weighted by Gasteiger charge is 2.20. The van der Waals surface area contributed by atoms with Crippen LogP contribution in [0, 0.1) is 0 Å². The molecule has 0 saturated heterocycles. The van der Waals surface area contributed by atoms with Crippen LogP contribution in [0.15, 0.2) is 65.8 Å². The molecule has 3 rings (SSSR count). The van der Waals surface area contributed by atoms with Crippen LogP contribution in [-0.4, -0.2) is 32.6 Å². The fourth-order valence-corrected chi connectivity index (χ4v) is 3.55. The first-order chi connectivity index (χ1) is 13.1. The number of amides is 1. The molecule has 1 amide bonds. The highest BCUT2D eigenvalue weighted by atomic mass is 32.2. The van der Waals surface area contributed by atoms with Gasteiger partial charge in [-0.2, -0.15) is 0 Å². The van der Waals surface area contributed by atoms with Crippen molar-refractivity contribution in [2.45, 2.75) is 31.5 Å². The number of hydrogen-bond donors (Lipinski definition) is 1. The van der Waals surface area contributed by atoms with Crippen LogP contribution in [0.3, 0.4) is 0 Å². The molecular formula is C20H23N5OS. The van der Waals surface area contributed by atoms with Crippen molar-refractivity contribution in [3.05, 3.63) is 72.1 Å². The lowest BCUT2D eigenvalue weighted by atomic mass is 10.1. The molecule has 1 heterocycles. The third-order valence-corrected chi connectivity index (χ3v) is 5.01. The number of thioether (sulfide) groups is 1. The SMILES string of the molecule is CC(C)N(C(=O)CSc1nnc(Cc2ccccc2)n1N)c1ccccc1. The van der Waals surface area contributed by atoms with Crippen LogP contribution in [-0.2, 0) is 11.2 Å². The summed E-state index contributed by atoms with van der Waals surface area (Å²) in [6.07, 6.45) is 0.598. The Morgan fingerprint density at radius 2 is 1.70 bits per heavy atom. The van der Waals surface area contributed by atoms with E-state index in [-0.39, 0.29) is 17.7 Å². The van der Waals surface area contributed by atoms with Crippen molar-refractivity contribution in [3.63, 3.8) is 0 Å². The van der Waals surface area contributed by atoms with E-state index < -0.39 is 0 Å². The molecular weight excluding hydrogens is 358 g/mol. The van der Waals surface area contributed by atoms with Gasteiger partial charge in [0.15, 0.2) is 5.82 Å². The first-order valence-corrected chi connectivity index (χ1v) is 9.78. The van der Waals surface area contributed by atoms with Gasteiger partial charge in [0.05, 0.1) is 5.75 Å². The van der Waals surface area contributed by atoms with Gasteiger partial charge in [0.2, 0.25) is 11.1 Å². The minimum atomic E-state index is 0.00816. The average molecular weight is 382 g/mol. The van der Waals surface area contributed by atoms with Gasteiger partial charge in [0, 0.05) is 18.2 Å². The summed E-state index contributed by atoms with van der Waals surface area (Å²) in [5.74, 6) is 7.05. The minimum absolute atomic E-state index is 0.00816. The number of aromatic nitrogens is 3. The van der Waals surface area contributed by atoms with E-state index >= 15 is 0 Å². The molecule has 0 aliphatic heterocycles. The summed E-state index contributed by atoms with van der Waals surface area (Å²) in [5, 5.41) is 8.84. The Bertz CT molecular complexity index is 880. The number of hydrogen-bond acceptors (Lipinski definition) is 5. The summed E-state index contributed by atoms with van der Waals surface area (Å²) >= 11 is 1.30. The largest absolute Gasteiger partial charge is 0.336 e. The average Bonchev–Trinajstić information content (AvgIpc) is 3.01. The number of benzene rings is 2. The number of anilines is 1. The zero-order valence-corrected chi connectivity index (χ0v) is 16.3. The summed E-state index contributed by atoms with van der Waals surface area (Å²) in [6, 6.07) is 19.7. The van der Waals surface area contributed by atoms with E-state index in [2.05, 4.69) is 10.2 Å². The van der Waals surface area contributed by atoms with Gasteiger partial charge in [0.1, 0.15) is 0 Å². The first kappa shape index (κ1) is 19.0. The van der Waals surface area contributed by atoms with E-state index in [1.165, 1.54) is 16.4 Å². The Morgan fingerprint density at radius 1 is 1.07 bits per heavy atom. The van der Waals surface area contributed by atoms with Gasteiger partial charge in [-0.05, 0) is 31.5 Å². The van der Waals surface area contributed by atoms with Crippen LogP contribution in [0.5, 0.6) is 0 Å². The van der Waals surface area contributed by atoms with Gasteiger partial charge in [-0.3, -0.25) is 4.79 Å². The number of nitrogens with zero attached hydrogens (tertiary/aromatic N) is 4. The smallest absolute Gasteiger partial charge is 0.237 e. The third-order valence-electron chi connectivity index (χ3n) is 4.08. The maximum atomic E-state index is 12.8. The second kappa shape index (κ2) is 8.73. The zero-order valence-electron chi connectivity index (χ0n) is 15.4. The van der Waals surface area contributed by atoms with E-state index in [4.69, 9.17) is 5.84 Å². The lowest BCUT2D eigenvalue weighted by molar-refractivity contribution is -0.116. The molecule has 0 spiro atoms. The maximum absolute atomic E-state index is 12.8. The van der Waals surface area contributed by atoms with Crippen molar-refractivity contribution in [2.75, 3.05) is 16.5 Å². The topological polar surface area (TPSA) is 77.0 Å². The molecule has 3 aromatic rings. The molecule has 1 aromatic heterocycles. The quantitative estimate of drug-likeness (QED) is 0.503. The van der Waals surface area contributed by atoms with E-state index in [1.807, 2.05) is 74.5 Å². The van der Waals surface area contributed by atoms with E-state index in [9.17, 15) is 4.79 Å². The minimum Gasteiger partial charge on any atom is -0.336 e. The summed E-state index contributed by atoms with van der Waals surface area (Å²) in [7, 11) is 0. The Balaban J connectivity index is 1.66. The number of carbonyl (C=O) groups excluding carboxylic acids is 1. The van der Waals surface area contributed by atoms with Crippen LogP contribution in [0.25, 0.3) is 0 Å². The van der Waals surface area contributed by atoms with E-state index in [0.29, 0.717) is 17.4 Å². The summed E-state index contributed by atoms with van der Waals surface area (Å²) in [5.41, 5.74) is 2.00. The van der Waals surface area contributed by atoms with Crippen LogP contribution >= 0.6 is 11.8 Å². The van der Waals surface area contributed by atoms with Crippen molar-refractivity contribution >= 4 is 23.4 Å². The van der Waals surface area contributed by atoms with E-state index in [0.717, 1.165) is 11.3 Å². The van der Waals surface area contributed by atoms with Crippen LogP contribution in [0.1, 0.15) is 25.2 Å². The fourth-order valence-electron chi connectivity index (χ4n) is 2.82. The molecule has 6 nitrogen and oxygen atoms in total. The van der Waals surface area contributed by atoms with Crippen LogP contribution < -0.4 is 10.7 Å². The second-order valence-electron chi connectivity index (χ2n) is 6.41. The number of carbonyl (C=O) groups is 1. The van der Waals surface area contributed by atoms with E-state index in [1.54, 1.807) is 4.90 Å². The van der Waals surface area contributed by atoms with Gasteiger partial charge >= 0.3 is 0 Å². The number of rotatable bonds is 7. The molecule has 0 fully saturated rings. The summed E-state index contributed by atoms with van der Waals surface area (Å²) in [6.45, 7) is 4.00. The van der Waals surface area contributed by atoms with Gasteiger partial charge < -0.3 is 10.7 Å². The first-order valence-electron chi connectivity index (χ1n) is 8.79. The molecule has 0 atom stereocenters. The molecule has 0 aliphatic rings. The second-order valence-corrected chi connectivity index (χ2v) is 7.36. The standard InChI is InChI=1S/C20H23N5OS/c1-15(2)24(17-11-7-4-8-12-17)19(26)14-27-20-23-22-18(25(20)21)13-16-9-5-3-6-10-16/h3-12,15H,13-14,21H2,1-2H3. The number of nitrogens with two attached hydrogens (primary N) is 1. The van der Waals surface area contributed by atoms with Gasteiger partial charge in [-0.15, -0.1) is 10.2 Å². The maximum Gasteiger partial charge on any atom is 0.237 e. The summed E-state index contributed by atoms with van der Waals surface area (Å²) < 4.78 is 1.47. The van der Waals surface area contributed by atoms with Gasteiger partial charge in [-0.25, -0.2) is 4.68 Å². The number of para-hydroxylation sites is 1. The lowest BCUT2D eigenvalue weighted by Crippen LogP contribution is -2.38. The molecule has 0 unspecified atom stereocenters. The molecule has 27 heavy (non-hydrogen) atoms. The molecule has 0 aliphatic carbocycles. The Hall–Kier alpha value is -2.80. The van der Waals surface area contributed by atoms with Crippen LogP contribution in [0.4, 0.5) is 5.69 Å². The highest BCUT2D eigenvalue weighted by molar-refractivity contribution is 7.99. The summed E-state index contributed by atoms with van der Waals surface area (Å²) in [4.78, 5) is 14.6. The third kappa shape index (κ3) is 4.68. The van der Waals surface area contributed by atoms with Crippen molar-refractivity contribution in [1.82, 2.24) is 14.9 Å². The molecule has 0 radical (unpaired) electrons. The lowest BCUT2D eigenvalue weighted by Gasteiger charge is -2.26. The highest BCUT2D eigenvalue weighted by Crippen LogP contribution is 2.21. The van der Waals surface area contributed by atoms with Crippen molar-refractivity contribution < 1.29 is 4.79 Å². The zero-order chi connectivity index (χ0) is 19.2. The molecule has 2 aromatic carbocycles. The number of nitrogen functional groups attached to an aromatic ring is 1. The van der Waals surface area contributed by atoms with Gasteiger partial charge in [0.25, 0.3) is 0 Å². The van der Waals surface area contributed by atoms with Crippen LogP contribution in [0.2, 0.25) is 0 Å². The van der Waals surface area contributed by atoms with Gasteiger partial charge in [-0.1, -0.05) is 60.3 Å². The molecule has 2 N–H and O–H groups in total. The molecule has 140 valence electrons. The fraction of sp³-hybridized carbons (Fsp3) is 0.250. The Kier molecular flexibility index (Phi) is 6.13. The Morgan fingerprint density at radius 3 is 2.33 bits per heavy atom. The van der Waals surface area contributed by atoms with Crippen molar-refractivity contribution in [2.24, 2.45) is 0 Å². The Labute approximate surface area is 163 Å². The molecule has 0 saturated carbocycles.